The number of rotatable bonds is 0. The molecule has 0 saturated carbocycles. The molecule has 1 heterocycles. The van der Waals surface area contributed by atoms with E-state index in [1.54, 1.807) is 0 Å². The molecule has 0 spiro atoms. The van der Waals surface area contributed by atoms with E-state index in [2.05, 4.69) is 5.32 Å². The number of anilines is 1. The molecule has 0 aliphatic carbocycles. The van der Waals surface area contributed by atoms with Gasteiger partial charge >= 0.3 is 0 Å². The first-order valence-electron chi connectivity index (χ1n) is 4.05. The summed E-state index contributed by atoms with van der Waals surface area (Å²) < 4.78 is 0. The summed E-state index contributed by atoms with van der Waals surface area (Å²) in [4.78, 5) is 0. The lowest BCUT2D eigenvalue weighted by Gasteiger charge is -2.17. The minimum Gasteiger partial charge on any atom is -0.398 e. The second-order valence-corrected chi connectivity index (χ2v) is 3.48. The Balaban J connectivity index is 2.49. The van der Waals surface area contributed by atoms with Gasteiger partial charge in [0.1, 0.15) is 0 Å². The standard InChI is InChI=1S/C9H11ClN2/c10-8-3-7-5-12-2-1-6(7)4-9(8)11/h3-4,12H,1-2,5,11H2. The lowest BCUT2D eigenvalue weighted by molar-refractivity contribution is 0.644. The molecule has 0 radical (unpaired) electrons. The van der Waals surface area contributed by atoms with Crippen LogP contribution in [0.3, 0.4) is 0 Å². The Bertz CT molecular complexity index is 279. The Morgan fingerprint density at radius 2 is 2.17 bits per heavy atom. The second-order valence-electron chi connectivity index (χ2n) is 3.07. The predicted octanol–water partition coefficient (Wildman–Crippen LogP) is 1.57. The molecule has 0 fully saturated rings. The predicted molar refractivity (Wildman–Crippen MR) is 51.3 cm³/mol. The maximum atomic E-state index is 5.89. The lowest BCUT2D eigenvalue weighted by atomic mass is 10.0. The third-order valence-electron chi connectivity index (χ3n) is 2.21. The number of hydrogen-bond donors (Lipinski definition) is 2. The first kappa shape index (κ1) is 7.90. The van der Waals surface area contributed by atoms with E-state index < -0.39 is 0 Å². The van der Waals surface area contributed by atoms with Gasteiger partial charge in [-0.3, -0.25) is 0 Å². The second kappa shape index (κ2) is 2.96. The van der Waals surface area contributed by atoms with E-state index in [1.165, 1.54) is 11.1 Å². The molecular formula is C9H11ClN2. The van der Waals surface area contributed by atoms with Crippen molar-refractivity contribution in [2.45, 2.75) is 13.0 Å². The largest absolute Gasteiger partial charge is 0.398 e. The zero-order valence-electron chi connectivity index (χ0n) is 6.73. The van der Waals surface area contributed by atoms with Crippen molar-refractivity contribution in [3.05, 3.63) is 28.3 Å². The van der Waals surface area contributed by atoms with Crippen LogP contribution in [0.4, 0.5) is 5.69 Å². The average molecular weight is 183 g/mol. The van der Waals surface area contributed by atoms with Crippen LogP contribution in [-0.4, -0.2) is 6.54 Å². The van der Waals surface area contributed by atoms with Crippen LogP contribution >= 0.6 is 11.6 Å². The quantitative estimate of drug-likeness (QED) is 0.598. The summed E-state index contributed by atoms with van der Waals surface area (Å²) >= 11 is 5.89. The molecular weight excluding hydrogens is 172 g/mol. The van der Waals surface area contributed by atoms with Crippen LogP contribution in [0.1, 0.15) is 11.1 Å². The van der Waals surface area contributed by atoms with Gasteiger partial charge in [-0.05, 0) is 36.2 Å². The van der Waals surface area contributed by atoms with Gasteiger partial charge in [0, 0.05) is 6.54 Å². The van der Waals surface area contributed by atoms with Gasteiger partial charge in [-0.25, -0.2) is 0 Å². The minimum atomic E-state index is 0.664. The van der Waals surface area contributed by atoms with Gasteiger partial charge in [-0.15, -0.1) is 0 Å². The molecule has 0 unspecified atom stereocenters. The van der Waals surface area contributed by atoms with Crippen molar-refractivity contribution in [3.8, 4) is 0 Å². The molecule has 0 bridgehead atoms. The van der Waals surface area contributed by atoms with Gasteiger partial charge in [-0.1, -0.05) is 11.6 Å². The Hall–Kier alpha value is -0.730. The Morgan fingerprint density at radius 3 is 3.00 bits per heavy atom. The third-order valence-corrected chi connectivity index (χ3v) is 2.53. The lowest BCUT2D eigenvalue weighted by Crippen LogP contribution is -2.23. The fourth-order valence-corrected chi connectivity index (χ4v) is 1.71. The van der Waals surface area contributed by atoms with E-state index in [-0.39, 0.29) is 0 Å². The van der Waals surface area contributed by atoms with Crippen LogP contribution in [0.25, 0.3) is 0 Å². The zero-order chi connectivity index (χ0) is 8.55. The molecule has 0 amide bonds. The number of fused-ring (bicyclic) bond motifs is 1. The van der Waals surface area contributed by atoms with Crippen molar-refractivity contribution >= 4 is 17.3 Å². The van der Waals surface area contributed by atoms with Gasteiger partial charge in [0.2, 0.25) is 0 Å². The first-order chi connectivity index (χ1) is 5.77. The van der Waals surface area contributed by atoms with Gasteiger partial charge in [-0.2, -0.15) is 0 Å². The highest BCUT2D eigenvalue weighted by atomic mass is 35.5. The van der Waals surface area contributed by atoms with Crippen molar-refractivity contribution in [2.24, 2.45) is 0 Å². The Labute approximate surface area is 76.7 Å². The number of halogens is 1. The minimum absolute atomic E-state index is 0.664. The highest BCUT2D eigenvalue weighted by molar-refractivity contribution is 6.33. The molecule has 2 rings (SSSR count). The molecule has 0 atom stereocenters. The number of nitrogens with one attached hydrogen (secondary N) is 1. The van der Waals surface area contributed by atoms with Crippen molar-refractivity contribution in [3.63, 3.8) is 0 Å². The molecule has 3 heteroatoms. The van der Waals surface area contributed by atoms with Crippen LogP contribution in [0.15, 0.2) is 12.1 Å². The van der Waals surface area contributed by atoms with Gasteiger partial charge in [0.15, 0.2) is 0 Å². The first-order valence-corrected chi connectivity index (χ1v) is 4.42. The summed E-state index contributed by atoms with van der Waals surface area (Å²) in [6, 6.07) is 3.94. The highest BCUT2D eigenvalue weighted by Gasteiger charge is 2.10. The smallest absolute Gasteiger partial charge is 0.0638 e. The summed E-state index contributed by atoms with van der Waals surface area (Å²) in [5, 5.41) is 3.95. The molecule has 1 aromatic carbocycles. The molecule has 64 valence electrons. The molecule has 12 heavy (non-hydrogen) atoms. The summed E-state index contributed by atoms with van der Waals surface area (Å²) in [6.45, 7) is 1.95. The zero-order valence-corrected chi connectivity index (χ0v) is 7.49. The average Bonchev–Trinajstić information content (AvgIpc) is 2.07. The van der Waals surface area contributed by atoms with E-state index in [9.17, 15) is 0 Å². The molecule has 2 nitrogen and oxygen atoms in total. The molecule has 1 aromatic rings. The number of hydrogen-bond acceptors (Lipinski definition) is 2. The Kier molecular flexibility index (Phi) is 1.95. The van der Waals surface area contributed by atoms with Gasteiger partial charge in [0.25, 0.3) is 0 Å². The molecule has 0 aromatic heterocycles. The summed E-state index contributed by atoms with van der Waals surface area (Å²) in [5.74, 6) is 0. The maximum absolute atomic E-state index is 5.89. The molecule has 0 saturated heterocycles. The summed E-state index contributed by atoms with van der Waals surface area (Å²) in [5.41, 5.74) is 8.99. The van der Waals surface area contributed by atoms with Crippen molar-refractivity contribution in [1.82, 2.24) is 5.32 Å². The van der Waals surface area contributed by atoms with Gasteiger partial charge < -0.3 is 11.1 Å². The van der Waals surface area contributed by atoms with Crippen LogP contribution in [0.5, 0.6) is 0 Å². The van der Waals surface area contributed by atoms with Crippen LogP contribution in [0, 0.1) is 0 Å². The number of benzene rings is 1. The number of nitrogen functional groups attached to an aromatic ring is 1. The van der Waals surface area contributed by atoms with E-state index in [1.807, 2.05) is 12.1 Å². The van der Waals surface area contributed by atoms with Crippen molar-refractivity contribution in [1.29, 1.82) is 0 Å². The SMILES string of the molecule is Nc1cc2c(cc1Cl)CNCC2. The normalized spacial score (nSPS) is 15.8. The maximum Gasteiger partial charge on any atom is 0.0638 e. The summed E-state index contributed by atoms with van der Waals surface area (Å²) in [6.07, 6.45) is 1.05. The molecule has 3 N–H and O–H groups in total. The topological polar surface area (TPSA) is 38.0 Å². The number of nitrogens with two attached hydrogens (primary N) is 1. The van der Waals surface area contributed by atoms with Gasteiger partial charge in [0.05, 0.1) is 10.7 Å². The van der Waals surface area contributed by atoms with E-state index in [4.69, 9.17) is 17.3 Å². The Morgan fingerprint density at radius 1 is 1.33 bits per heavy atom. The monoisotopic (exact) mass is 182 g/mol. The van der Waals surface area contributed by atoms with E-state index in [0.717, 1.165) is 19.5 Å². The third kappa shape index (κ3) is 1.28. The van der Waals surface area contributed by atoms with E-state index in [0.29, 0.717) is 10.7 Å². The fourth-order valence-electron chi connectivity index (χ4n) is 1.52. The summed E-state index contributed by atoms with van der Waals surface area (Å²) in [7, 11) is 0. The van der Waals surface area contributed by atoms with Crippen LogP contribution < -0.4 is 11.1 Å². The molecule has 1 aliphatic heterocycles. The highest BCUT2D eigenvalue weighted by Crippen LogP contribution is 2.25. The van der Waals surface area contributed by atoms with E-state index >= 15 is 0 Å². The van der Waals surface area contributed by atoms with Crippen LogP contribution in [0.2, 0.25) is 5.02 Å². The molecule has 1 aliphatic rings. The van der Waals surface area contributed by atoms with Crippen molar-refractivity contribution < 1.29 is 0 Å². The fraction of sp³-hybridized carbons (Fsp3) is 0.333. The van der Waals surface area contributed by atoms with Crippen molar-refractivity contribution in [2.75, 3.05) is 12.3 Å². The van der Waals surface area contributed by atoms with Crippen LogP contribution in [-0.2, 0) is 13.0 Å².